The zero-order chi connectivity index (χ0) is 8.27. The summed E-state index contributed by atoms with van der Waals surface area (Å²) >= 11 is 0. The van der Waals surface area contributed by atoms with Crippen molar-refractivity contribution in [3.05, 3.63) is 0 Å². The van der Waals surface area contributed by atoms with Gasteiger partial charge in [-0.1, -0.05) is 0 Å². The maximum absolute atomic E-state index is 5.82. The molecule has 0 saturated heterocycles. The SMILES string of the molecule is NCCC1CC(N)CC(N)C1. The monoisotopic (exact) mass is 157 g/mol. The Kier molecular flexibility index (Phi) is 3.30. The molecule has 3 heteroatoms. The highest BCUT2D eigenvalue weighted by Gasteiger charge is 2.23. The molecule has 0 bridgehead atoms. The first kappa shape index (κ1) is 8.97. The second kappa shape index (κ2) is 4.04. The van der Waals surface area contributed by atoms with Gasteiger partial charge in [-0.25, -0.2) is 0 Å². The third kappa shape index (κ3) is 2.77. The van der Waals surface area contributed by atoms with E-state index in [0.717, 1.165) is 32.2 Å². The topological polar surface area (TPSA) is 78.1 Å². The van der Waals surface area contributed by atoms with E-state index < -0.39 is 0 Å². The van der Waals surface area contributed by atoms with Crippen molar-refractivity contribution in [1.29, 1.82) is 0 Å². The van der Waals surface area contributed by atoms with Crippen molar-refractivity contribution >= 4 is 0 Å². The van der Waals surface area contributed by atoms with Gasteiger partial charge in [0.1, 0.15) is 0 Å². The Morgan fingerprint density at radius 2 is 1.55 bits per heavy atom. The van der Waals surface area contributed by atoms with Gasteiger partial charge in [0.2, 0.25) is 0 Å². The molecular formula is C8H19N3. The highest BCUT2D eigenvalue weighted by Crippen LogP contribution is 2.24. The molecule has 1 rings (SSSR count). The number of hydrogen-bond donors (Lipinski definition) is 3. The molecule has 0 aromatic heterocycles. The predicted octanol–water partition coefficient (Wildman–Crippen LogP) is -0.210. The lowest BCUT2D eigenvalue weighted by atomic mass is 9.81. The van der Waals surface area contributed by atoms with Crippen molar-refractivity contribution < 1.29 is 0 Å². The molecular weight excluding hydrogens is 138 g/mol. The van der Waals surface area contributed by atoms with Gasteiger partial charge < -0.3 is 17.2 Å². The summed E-state index contributed by atoms with van der Waals surface area (Å²) < 4.78 is 0. The lowest BCUT2D eigenvalue weighted by molar-refractivity contribution is 0.280. The maximum atomic E-state index is 5.82. The third-order valence-corrected chi connectivity index (χ3v) is 2.45. The lowest BCUT2D eigenvalue weighted by Crippen LogP contribution is -2.40. The number of rotatable bonds is 2. The zero-order valence-electron chi connectivity index (χ0n) is 7.00. The van der Waals surface area contributed by atoms with Crippen LogP contribution < -0.4 is 17.2 Å². The van der Waals surface area contributed by atoms with Gasteiger partial charge in [-0.05, 0) is 38.1 Å². The molecule has 1 aliphatic rings. The quantitative estimate of drug-likeness (QED) is 0.519. The second-order valence-electron chi connectivity index (χ2n) is 3.67. The summed E-state index contributed by atoms with van der Waals surface area (Å²) in [6.45, 7) is 0.768. The van der Waals surface area contributed by atoms with Gasteiger partial charge in [0.25, 0.3) is 0 Å². The summed E-state index contributed by atoms with van der Waals surface area (Å²) in [6.07, 6.45) is 4.30. The van der Waals surface area contributed by atoms with Crippen LogP contribution in [0.25, 0.3) is 0 Å². The Morgan fingerprint density at radius 3 is 2.00 bits per heavy atom. The van der Waals surface area contributed by atoms with E-state index in [-0.39, 0.29) is 0 Å². The molecule has 1 aliphatic carbocycles. The zero-order valence-corrected chi connectivity index (χ0v) is 7.00. The minimum absolute atomic E-state index is 0.315. The first-order valence-corrected chi connectivity index (χ1v) is 4.43. The first-order valence-electron chi connectivity index (χ1n) is 4.43. The Hall–Kier alpha value is -0.120. The van der Waals surface area contributed by atoms with E-state index in [0.29, 0.717) is 18.0 Å². The van der Waals surface area contributed by atoms with Crippen LogP contribution in [0.5, 0.6) is 0 Å². The molecule has 2 unspecified atom stereocenters. The van der Waals surface area contributed by atoms with Crippen molar-refractivity contribution in [2.45, 2.75) is 37.8 Å². The van der Waals surface area contributed by atoms with Crippen LogP contribution in [0, 0.1) is 5.92 Å². The van der Waals surface area contributed by atoms with E-state index in [1.165, 1.54) is 0 Å². The first-order chi connectivity index (χ1) is 5.22. The van der Waals surface area contributed by atoms with Gasteiger partial charge in [-0.2, -0.15) is 0 Å². The van der Waals surface area contributed by atoms with Gasteiger partial charge in [0.05, 0.1) is 0 Å². The molecule has 0 aromatic carbocycles. The van der Waals surface area contributed by atoms with Crippen LogP contribution in [0.3, 0.4) is 0 Å². The molecule has 2 atom stereocenters. The van der Waals surface area contributed by atoms with Crippen LogP contribution in [0.1, 0.15) is 25.7 Å². The average Bonchev–Trinajstić information content (AvgIpc) is 1.85. The molecule has 0 radical (unpaired) electrons. The molecule has 11 heavy (non-hydrogen) atoms. The highest BCUT2D eigenvalue weighted by molar-refractivity contribution is 4.82. The summed E-state index contributed by atoms with van der Waals surface area (Å²) in [5.74, 6) is 0.679. The summed E-state index contributed by atoms with van der Waals surface area (Å²) in [4.78, 5) is 0. The second-order valence-corrected chi connectivity index (χ2v) is 3.67. The fraction of sp³-hybridized carbons (Fsp3) is 1.00. The van der Waals surface area contributed by atoms with E-state index in [9.17, 15) is 0 Å². The molecule has 0 amide bonds. The third-order valence-electron chi connectivity index (χ3n) is 2.45. The minimum Gasteiger partial charge on any atom is -0.330 e. The van der Waals surface area contributed by atoms with E-state index in [1.54, 1.807) is 0 Å². The molecule has 0 heterocycles. The van der Waals surface area contributed by atoms with Crippen molar-refractivity contribution in [3.63, 3.8) is 0 Å². The molecule has 66 valence electrons. The van der Waals surface area contributed by atoms with Crippen molar-refractivity contribution in [1.82, 2.24) is 0 Å². The Morgan fingerprint density at radius 1 is 1.00 bits per heavy atom. The molecule has 6 N–H and O–H groups in total. The largest absolute Gasteiger partial charge is 0.330 e. The standard InChI is InChI=1S/C8H19N3/c9-2-1-6-3-7(10)5-8(11)4-6/h6-8H,1-5,9-11H2. The van der Waals surface area contributed by atoms with Crippen molar-refractivity contribution in [2.75, 3.05) is 6.54 Å². The fourth-order valence-electron chi connectivity index (χ4n) is 2.01. The van der Waals surface area contributed by atoms with Crippen LogP contribution in [0.15, 0.2) is 0 Å². The number of nitrogens with two attached hydrogens (primary N) is 3. The van der Waals surface area contributed by atoms with Crippen LogP contribution >= 0.6 is 0 Å². The summed E-state index contributed by atoms with van der Waals surface area (Å²) in [6, 6.07) is 0.630. The van der Waals surface area contributed by atoms with E-state index in [4.69, 9.17) is 17.2 Å². The molecule has 3 nitrogen and oxygen atoms in total. The average molecular weight is 157 g/mol. The molecule has 0 aromatic rings. The predicted molar refractivity (Wildman–Crippen MR) is 47.0 cm³/mol. The summed E-state index contributed by atoms with van der Waals surface area (Å²) in [7, 11) is 0. The van der Waals surface area contributed by atoms with Gasteiger partial charge in [0.15, 0.2) is 0 Å². The van der Waals surface area contributed by atoms with Gasteiger partial charge in [-0.3, -0.25) is 0 Å². The Balaban J connectivity index is 2.30. The summed E-state index contributed by atoms with van der Waals surface area (Å²) in [5, 5.41) is 0. The van der Waals surface area contributed by atoms with Gasteiger partial charge in [0, 0.05) is 12.1 Å². The molecule has 1 fully saturated rings. The lowest BCUT2D eigenvalue weighted by Gasteiger charge is -2.30. The highest BCUT2D eigenvalue weighted by atomic mass is 14.7. The fourth-order valence-corrected chi connectivity index (χ4v) is 2.01. The Bertz CT molecular complexity index is 106. The van der Waals surface area contributed by atoms with Gasteiger partial charge >= 0.3 is 0 Å². The van der Waals surface area contributed by atoms with Gasteiger partial charge in [-0.15, -0.1) is 0 Å². The maximum Gasteiger partial charge on any atom is 0.00562 e. The summed E-state index contributed by atoms with van der Waals surface area (Å²) in [5.41, 5.74) is 17.1. The van der Waals surface area contributed by atoms with Crippen LogP contribution in [-0.2, 0) is 0 Å². The van der Waals surface area contributed by atoms with Crippen LogP contribution in [0.4, 0.5) is 0 Å². The Labute approximate surface area is 68.3 Å². The smallest absolute Gasteiger partial charge is 0.00562 e. The van der Waals surface area contributed by atoms with Crippen molar-refractivity contribution in [2.24, 2.45) is 23.1 Å². The molecule has 0 aliphatic heterocycles. The van der Waals surface area contributed by atoms with E-state index in [2.05, 4.69) is 0 Å². The van der Waals surface area contributed by atoms with E-state index in [1.807, 2.05) is 0 Å². The molecule has 0 spiro atoms. The minimum atomic E-state index is 0.315. The molecule has 1 saturated carbocycles. The van der Waals surface area contributed by atoms with Crippen LogP contribution in [0.2, 0.25) is 0 Å². The van der Waals surface area contributed by atoms with Crippen molar-refractivity contribution in [3.8, 4) is 0 Å². The normalized spacial score (nSPS) is 39.0. The number of hydrogen-bond acceptors (Lipinski definition) is 3. The van der Waals surface area contributed by atoms with E-state index >= 15 is 0 Å². The van der Waals surface area contributed by atoms with Crippen LogP contribution in [-0.4, -0.2) is 18.6 Å².